The van der Waals surface area contributed by atoms with Crippen molar-refractivity contribution in [2.45, 2.75) is 32.2 Å². The van der Waals surface area contributed by atoms with Gasteiger partial charge in [0.1, 0.15) is 0 Å². The fourth-order valence-electron chi connectivity index (χ4n) is 5.06. The van der Waals surface area contributed by atoms with Gasteiger partial charge in [0, 0.05) is 53.9 Å². The Labute approximate surface area is 281 Å². The Kier molecular flexibility index (Phi) is 9.85. The van der Waals surface area contributed by atoms with E-state index in [0.717, 1.165) is 54.1 Å². The van der Waals surface area contributed by atoms with Gasteiger partial charge >= 0.3 is 0 Å². The van der Waals surface area contributed by atoms with E-state index in [0.29, 0.717) is 45.1 Å². The van der Waals surface area contributed by atoms with E-state index in [1.807, 2.05) is 29.3 Å². The second kappa shape index (κ2) is 13.8. The molecule has 0 radical (unpaired) electrons. The van der Waals surface area contributed by atoms with Crippen LogP contribution in [0.3, 0.4) is 0 Å². The van der Waals surface area contributed by atoms with Gasteiger partial charge in [0.15, 0.2) is 5.69 Å². The van der Waals surface area contributed by atoms with Crippen molar-refractivity contribution < 1.29 is 13.2 Å². The summed E-state index contributed by atoms with van der Waals surface area (Å²) in [6, 6.07) is 16.0. The minimum atomic E-state index is -3.76. The van der Waals surface area contributed by atoms with Crippen LogP contribution in [0.25, 0.3) is 16.3 Å². The maximum atomic E-state index is 13.8. The Morgan fingerprint density at radius 1 is 0.889 bits per heavy atom. The Morgan fingerprint density at radius 2 is 1.62 bits per heavy atom. The monoisotopic (exact) mass is 702 g/mol. The van der Waals surface area contributed by atoms with Crippen LogP contribution in [0.15, 0.2) is 54.6 Å². The zero-order valence-corrected chi connectivity index (χ0v) is 27.9. The summed E-state index contributed by atoms with van der Waals surface area (Å²) in [7, 11) is -3.76. The van der Waals surface area contributed by atoms with Crippen molar-refractivity contribution in [3.63, 3.8) is 0 Å². The van der Waals surface area contributed by atoms with Gasteiger partial charge in [-0.3, -0.25) is 10.2 Å². The largest absolute Gasteiger partial charge is 0.286 e. The molecule has 45 heavy (non-hydrogen) atoms. The lowest BCUT2D eigenvalue weighted by Gasteiger charge is -2.29. The van der Waals surface area contributed by atoms with Crippen LogP contribution in [0.1, 0.15) is 52.2 Å². The zero-order chi connectivity index (χ0) is 31.6. The van der Waals surface area contributed by atoms with Crippen molar-refractivity contribution in [2.24, 2.45) is 0 Å². The number of hydrogen-bond acceptors (Lipinski definition) is 6. The Bertz CT molecular complexity index is 1890. The molecule has 2 N–H and O–H groups in total. The molecule has 0 atom stereocenters. The van der Waals surface area contributed by atoms with Crippen LogP contribution in [-0.4, -0.2) is 59.6 Å². The van der Waals surface area contributed by atoms with Gasteiger partial charge in [-0.2, -0.15) is 22.5 Å². The number of hydrazine groups is 1. The molecule has 2 aliphatic rings. The van der Waals surface area contributed by atoms with Crippen molar-refractivity contribution in [1.29, 1.82) is 0 Å². The van der Waals surface area contributed by atoms with E-state index in [-0.39, 0.29) is 12.2 Å². The molecule has 2 aromatic carbocycles. The molecule has 0 bridgehead atoms. The van der Waals surface area contributed by atoms with Crippen LogP contribution < -0.4 is 10.1 Å². The first-order valence-corrected chi connectivity index (χ1v) is 17.8. The second-order valence-corrected chi connectivity index (χ2v) is 14.8. The third-order valence-corrected chi connectivity index (χ3v) is 10.9. The van der Waals surface area contributed by atoms with Gasteiger partial charge in [0.05, 0.1) is 26.2 Å². The molecule has 14 heteroatoms. The standard InChI is InChI=1S/C31H29Cl3N6O3S2/c32-22-8-5-21(6-9-22)7-11-24-12-14-28(44-24)30-25(20-35-45(42,43)39-17-4-18-39)29(31(41)37-38-15-2-1-3-16-38)36-40(30)27-13-10-23(33)19-26(27)34/h5-6,8-10,12-14,19,35H,1-4,15-18,20H2,(H,37,41). The number of amides is 1. The molecule has 2 aliphatic heterocycles. The smallest absolute Gasteiger partial charge is 0.283 e. The van der Waals surface area contributed by atoms with Crippen LogP contribution >= 0.6 is 46.1 Å². The summed E-state index contributed by atoms with van der Waals surface area (Å²) in [6.45, 7) is 2.18. The molecule has 0 spiro atoms. The minimum absolute atomic E-state index is 0.0927. The van der Waals surface area contributed by atoms with Crippen molar-refractivity contribution >= 4 is 62.3 Å². The summed E-state index contributed by atoms with van der Waals surface area (Å²) in [6.07, 6.45) is 3.85. The number of aromatic nitrogens is 2. The van der Waals surface area contributed by atoms with Crippen molar-refractivity contribution in [1.82, 2.24) is 29.2 Å². The topological polar surface area (TPSA) is 99.6 Å². The van der Waals surface area contributed by atoms with Gasteiger partial charge in [0.25, 0.3) is 16.1 Å². The highest BCUT2D eigenvalue weighted by molar-refractivity contribution is 7.87. The van der Waals surface area contributed by atoms with Gasteiger partial charge in [-0.1, -0.05) is 53.1 Å². The Morgan fingerprint density at radius 3 is 2.31 bits per heavy atom. The number of benzene rings is 2. The van der Waals surface area contributed by atoms with Crippen molar-refractivity contribution in [3.8, 4) is 28.1 Å². The van der Waals surface area contributed by atoms with Crippen LogP contribution in [0.5, 0.6) is 0 Å². The first-order chi connectivity index (χ1) is 21.7. The summed E-state index contributed by atoms with van der Waals surface area (Å²) in [5.41, 5.74) is 5.31. The summed E-state index contributed by atoms with van der Waals surface area (Å²) in [5.74, 6) is 5.90. The SMILES string of the molecule is O=C(NN1CCCCC1)c1nn(-c2ccc(Cl)cc2Cl)c(-c2ccc(C#Cc3ccc(Cl)cc3)s2)c1CNS(=O)(=O)N1CCC1. The van der Waals surface area contributed by atoms with E-state index in [1.54, 1.807) is 35.0 Å². The molecule has 4 aromatic rings. The number of piperidine rings is 1. The normalized spacial score (nSPS) is 15.7. The third kappa shape index (κ3) is 7.40. The molecule has 0 saturated carbocycles. The third-order valence-electron chi connectivity index (χ3n) is 7.55. The number of rotatable bonds is 8. The first kappa shape index (κ1) is 32.0. The van der Waals surface area contributed by atoms with Gasteiger partial charge in [-0.15, -0.1) is 11.3 Å². The molecule has 9 nitrogen and oxygen atoms in total. The van der Waals surface area contributed by atoms with Gasteiger partial charge in [-0.25, -0.2) is 9.69 Å². The highest BCUT2D eigenvalue weighted by Gasteiger charge is 2.31. The van der Waals surface area contributed by atoms with Crippen LogP contribution in [0, 0.1) is 11.8 Å². The molecule has 234 valence electrons. The minimum Gasteiger partial charge on any atom is -0.283 e. The van der Waals surface area contributed by atoms with Crippen LogP contribution in [-0.2, 0) is 16.8 Å². The molecule has 2 saturated heterocycles. The van der Waals surface area contributed by atoms with E-state index >= 15 is 0 Å². The molecular formula is C31H29Cl3N6O3S2. The summed E-state index contributed by atoms with van der Waals surface area (Å²) >= 11 is 20.3. The molecule has 6 rings (SSSR count). The molecule has 2 fully saturated rings. The fraction of sp³-hybridized carbons (Fsp3) is 0.290. The Hall–Kier alpha value is -2.92. The molecule has 2 aromatic heterocycles. The predicted molar refractivity (Wildman–Crippen MR) is 179 cm³/mol. The number of hydrogen-bond donors (Lipinski definition) is 2. The summed E-state index contributed by atoms with van der Waals surface area (Å²) in [4.78, 5) is 15.3. The Balaban J connectivity index is 1.45. The number of carbonyl (C=O) groups is 1. The van der Waals surface area contributed by atoms with E-state index in [1.165, 1.54) is 15.6 Å². The molecule has 0 unspecified atom stereocenters. The van der Waals surface area contributed by atoms with Crippen molar-refractivity contribution in [3.05, 3.63) is 91.4 Å². The highest BCUT2D eigenvalue weighted by Crippen LogP contribution is 2.37. The van der Waals surface area contributed by atoms with Crippen molar-refractivity contribution in [2.75, 3.05) is 26.2 Å². The van der Waals surface area contributed by atoms with Crippen LogP contribution in [0.2, 0.25) is 15.1 Å². The van der Waals surface area contributed by atoms with Gasteiger partial charge in [0.2, 0.25) is 0 Å². The van der Waals surface area contributed by atoms with Gasteiger partial charge in [-0.05, 0) is 73.9 Å². The average Bonchev–Trinajstić information content (AvgIpc) is 3.60. The number of thiophene rings is 1. The van der Waals surface area contributed by atoms with Gasteiger partial charge < -0.3 is 0 Å². The maximum Gasteiger partial charge on any atom is 0.286 e. The number of nitrogens with one attached hydrogen (secondary N) is 2. The molecular weight excluding hydrogens is 675 g/mol. The number of halogens is 3. The lowest BCUT2D eigenvalue weighted by molar-refractivity contribution is 0.0743. The summed E-state index contributed by atoms with van der Waals surface area (Å²) in [5, 5.41) is 8.04. The molecule has 0 aliphatic carbocycles. The lowest BCUT2D eigenvalue weighted by Crippen LogP contribution is -2.48. The molecule has 4 heterocycles. The number of carbonyl (C=O) groups excluding carboxylic acids is 1. The van der Waals surface area contributed by atoms with E-state index in [4.69, 9.17) is 39.9 Å². The second-order valence-electron chi connectivity index (χ2n) is 10.7. The maximum absolute atomic E-state index is 13.8. The fourth-order valence-corrected chi connectivity index (χ4v) is 7.84. The average molecular weight is 704 g/mol. The first-order valence-electron chi connectivity index (χ1n) is 14.4. The lowest BCUT2D eigenvalue weighted by atomic mass is 10.1. The van der Waals surface area contributed by atoms with E-state index in [9.17, 15) is 13.2 Å². The zero-order valence-electron chi connectivity index (χ0n) is 24.0. The quantitative estimate of drug-likeness (QED) is 0.215. The van der Waals surface area contributed by atoms with E-state index < -0.39 is 16.1 Å². The van der Waals surface area contributed by atoms with E-state index in [2.05, 4.69) is 22.0 Å². The predicted octanol–water partition coefficient (Wildman–Crippen LogP) is 6.13. The summed E-state index contributed by atoms with van der Waals surface area (Å²) < 4.78 is 31.8. The van der Waals surface area contributed by atoms with Crippen LogP contribution in [0.4, 0.5) is 0 Å². The molecule has 1 amide bonds. The highest BCUT2D eigenvalue weighted by atomic mass is 35.5. The number of nitrogens with zero attached hydrogens (tertiary/aromatic N) is 4.